The summed E-state index contributed by atoms with van der Waals surface area (Å²) in [4.78, 5) is 2.26. The van der Waals surface area contributed by atoms with Gasteiger partial charge in [-0.1, -0.05) is 13.8 Å². The highest BCUT2D eigenvalue weighted by Crippen LogP contribution is 2.03. The Kier molecular flexibility index (Phi) is 9.92. The van der Waals surface area contributed by atoms with Gasteiger partial charge < -0.3 is 20.1 Å². The lowest BCUT2D eigenvalue weighted by atomic mass is 10.0. The second-order valence-corrected chi connectivity index (χ2v) is 4.60. The van der Waals surface area contributed by atoms with Crippen LogP contribution in [-0.4, -0.2) is 58.0 Å². The maximum Gasteiger partial charge on any atom is 0.0700 e. The number of hydrogen-bond acceptors (Lipinski definition) is 4. The molecule has 2 N–H and O–H groups in total. The van der Waals surface area contributed by atoms with Crippen molar-refractivity contribution in [3.8, 4) is 0 Å². The molecule has 0 aromatic carbocycles. The van der Waals surface area contributed by atoms with Crippen molar-refractivity contribution in [3.63, 3.8) is 0 Å². The van der Waals surface area contributed by atoms with Gasteiger partial charge in [0.1, 0.15) is 0 Å². The van der Waals surface area contributed by atoms with Gasteiger partial charge in [0, 0.05) is 19.7 Å². The molecule has 0 amide bonds. The normalized spacial score (nSPS) is 13.7. The van der Waals surface area contributed by atoms with Crippen LogP contribution in [0.3, 0.4) is 0 Å². The van der Waals surface area contributed by atoms with E-state index < -0.39 is 0 Å². The maximum atomic E-state index is 5.98. The molecule has 0 saturated carbocycles. The summed E-state index contributed by atoms with van der Waals surface area (Å²) in [5.41, 5.74) is 5.98. The van der Waals surface area contributed by atoms with Gasteiger partial charge in [-0.25, -0.2) is 0 Å². The molecule has 0 aliphatic heterocycles. The molecular formula is C12H28N2O2. The van der Waals surface area contributed by atoms with E-state index in [9.17, 15) is 0 Å². The van der Waals surface area contributed by atoms with Crippen molar-refractivity contribution in [1.82, 2.24) is 4.90 Å². The fourth-order valence-electron chi connectivity index (χ4n) is 1.28. The Balaban J connectivity index is 3.34. The van der Waals surface area contributed by atoms with E-state index in [0.717, 1.165) is 26.1 Å². The average Bonchev–Trinajstić information content (AvgIpc) is 2.25. The lowest BCUT2D eigenvalue weighted by Gasteiger charge is -2.21. The van der Waals surface area contributed by atoms with Gasteiger partial charge in [-0.05, 0) is 25.9 Å². The van der Waals surface area contributed by atoms with Crippen LogP contribution in [0.4, 0.5) is 0 Å². The fourth-order valence-corrected chi connectivity index (χ4v) is 1.28. The first-order valence-electron chi connectivity index (χ1n) is 6.08. The summed E-state index contributed by atoms with van der Waals surface area (Å²) in [7, 11) is 3.79. The lowest BCUT2D eigenvalue weighted by Crippen LogP contribution is -2.33. The smallest absolute Gasteiger partial charge is 0.0700 e. The van der Waals surface area contributed by atoms with Gasteiger partial charge in [-0.15, -0.1) is 0 Å². The zero-order valence-electron chi connectivity index (χ0n) is 11.2. The SMILES string of the molecule is COCCOCCN(C)CCC(N)C(C)C. The topological polar surface area (TPSA) is 47.7 Å². The third-order valence-electron chi connectivity index (χ3n) is 2.75. The molecule has 1 unspecified atom stereocenters. The quantitative estimate of drug-likeness (QED) is 0.570. The van der Waals surface area contributed by atoms with Crippen LogP contribution in [0.25, 0.3) is 0 Å². The van der Waals surface area contributed by atoms with E-state index in [1.807, 2.05) is 0 Å². The van der Waals surface area contributed by atoms with E-state index in [2.05, 4.69) is 25.8 Å². The van der Waals surface area contributed by atoms with Crippen molar-refractivity contribution in [1.29, 1.82) is 0 Å². The van der Waals surface area contributed by atoms with Crippen LogP contribution < -0.4 is 5.73 Å². The second kappa shape index (κ2) is 10.0. The Hall–Kier alpha value is -0.160. The number of nitrogens with zero attached hydrogens (tertiary/aromatic N) is 1. The molecular weight excluding hydrogens is 204 g/mol. The molecule has 0 heterocycles. The summed E-state index contributed by atoms with van der Waals surface area (Å²) in [6.45, 7) is 8.42. The Morgan fingerprint density at radius 3 is 2.38 bits per heavy atom. The molecule has 4 heteroatoms. The van der Waals surface area contributed by atoms with Crippen LogP contribution in [0.5, 0.6) is 0 Å². The van der Waals surface area contributed by atoms with E-state index >= 15 is 0 Å². The van der Waals surface area contributed by atoms with Crippen LogP contribution in [-0.2, 0) is 9.47 Å². The molecule has 0 fully saturated rings. The van der Waals surface area contributed by atoms with E-state index in [4.69, 9.17) is 15.2 Å². The minimum absolute atomic E-state index is 0.303. The zero-order valence-corrected chi connectivity index (χ0v) is 11.2. The number of likely N-dealkylation sites (N-methyl/N-ethyl adjacent to an activating group) is 1. The molecule has 98 valence electrons. The molecule has 0 aliphatic carbocycles. The summed E-state index contributed by atoms with van der Waals surface area (Å²) in [6.07, 6.45) is 1.05. The van der Waals surface area contributed by atoms with Gasteiger partial charge >= 0.3 is 0 Å². The molecule has 0 aromatic heterocycles. The molecule has 1 atom stereocenters. The van der Waals surface area contributed by atoms with Crippen molar-refractivity contribution in [2.45, 2.75) is 26.3 Å². The third kappa shape index (κ3) is 9.09. The Bertz CT molecular complexity index is 154. The summed E-state index contributed by atoms with van der Waals surface area (Å²) in [5, 5.41) is 0. The molecule has 4 nitrogen and oxygen atoms in total. The fraction of sp³-hybridized carbons (Fsp3) is 1.00. The first-order chi connectivity index (χ1) is 7.57. The minimum Gasteiger partial charge on any atom is -0.382 e. The molecule has 0 bridgehead atoms. The molecule has 16 heavy (non-hydrogen) atoms. The second-order valence-electron chi connectivity index (χ2n) is 4.60. The monoisotopic (exact) mass is 232 g/mol. The van der Waals surface area contributed by atoms with Crippen LogP contribution >= 0.6 is 0 Å². The number of nitrogens with two attached hydrogens (primary N) is 1. The van der Waals surface area contributed by atoms with Gasteiger partial charge in [-0.2, -0.15) is 0 Å². The molecule has 0 rings (SSSR count). The van der Waals surface area contributed by atoms with Crippen molar-refractivity contribution < 1.29 is 9.47 Å². The van der Waals surface area contributed by atoms with Crippen LogP contribution in [0.1, 0.15) is 20.3 Å². The highest BCUT2D eigenvalue weighted by atomic mass is 16.5. The highest BCUT2D eigenvalue weighted by Gasteiger charge is 2.08. The molecule has 0 aliphatic rings. The van der Waals surface area contributed by atoms with E-state index in [1.54, 1.807) is 7.11 Å². The van der Waals surface area contributed by atoms with Crippen LogP contribution in [0, 0.1) is 5.92 Å². The predicted octanol–water partition coefficient (Wildman–Crippen LogP) is 0.955. The number of ether oxygens (including phenoxy) is 2. The van der Waals surface area contributed by atoms with Gasteiger partial charge in [0.05, 0.1) is 19.8 Å². The maximum absolute atomic E-state index is 5.98. The van der Waals surface area contributed by atoms with E-state index in [-0.39, 0.29) is 0 Å². The number of rotatable bonds is 10. The minimum atomic E-state index is 0.303. The van der Waals surface area contributed by atoms with Crippen molar-refractivity contribution in [3.05, 3.63) is 0 Å². The lowest BCUT2D eigenvalue weighted by molar-refractivity contribution is 0.0601. The standard InChI is InChI=1S/C12H28N2O2/c1-11(2)12(13)5-6-14(3)7-8-16-10-9-15-4/h11-12H,5-10,13H2,1-4H3. The summed E-state index contributed by atoms with van der Waals surface area (Å²) in [5.74, 6) is 0.561. The van der Waals surface area contributed by atoms with Crippen molar-refractivity contribution >= 4 is 0 Å². The Morgan fingerprint density at radius 1 is 1.12 bits per heavy atom. The summed E-state index contributed by atoms with van der Waals surface area (Å²) >= 11 is 0. The predicted molar refractivity (Wildman–Crippen MR) is 67.6 cm³/mol. The zero-order chi connectivity index (χ0) is 12.4. The highest BCUT2D eigenvalue weighted by molar-refractivity contribution is 4.67. The average molecular weight is 232 g/mol. The van der Waals surface area contributed by atoms with E-state index in [1.165, 1.54) is 0 Å². The third-order valence-corrected chi connectivity index (χ3v) is 2.75. The Labute approximate surface area is 100 Å². The number of hydrogen-bond donors (Lipinski definition) is 1. The Morgan fingerprint density at radius 2 is 1.81 bits per heavy atom. The largest absolute Gasteiger partial charge is 0.382 e. The summed E-state index contributed by atoms with van der Waals surface area (Å²) < 4.78 is 10.3. The molecule has 0 aromatic rings. The van der Waals surface area contributed by atoms with Crippen LogP contribution in [0.15, 0.2) is 0 Å². The van der Waals surface area contributed by atoms with Gasteiger partial charge in [0.2, 0.25) is 0 Å². The van der Waals surface area contributed by atoms with Gasteiger partial charge in [-0.3, -0.25) is 0 Å². The first-order valence-corrected chi connectivity index (χ1v) is 6.08. The van der Waals surface area contributed by atoms with Crippen molar-refractivity contribution in [2.24, 2.45) is 11.7 Å². The number of methoxy groups -OCH3 is 1. The molecule has 0 radical (unpaired) electrons. The van der Waals surface area contributed by atoms with Crippen LogP contribution in [0.2, 0.25) is 0 Å². The van der Waals surface area contributed by atoms with Crippen molar-refractivity contribution in [2.75, 3.05) is 47.1 Å². The van der Waals surface area contributed by atoms with Gasteiger partial charge in [0.15, 0.2) is 0 Å². The first kappa shape index (κ1) is 15.8. The molecule has 0 saturated heterocycles. The molecule has 0 spiro atoms. The van der Waals surface area contributed by atoms with E-state index in [0.29, 0.717) is 25.2 Å². The van der Waals surface area contributed by atoms with Gasteiger partial charge in [0.25, 0.3) is 0 Å². The summed E-state index contributed by atoms with van der Waals surface area (Å²) in [6, 6.07) is 0.303.